The number of hydrogen-bond acceptors (Lipinski definition) is 3. The first-order valence-corrected chi connectivity index (χ1v) is 5.69. The second-order valence-corrected chi connectivity index (χ2v) is 4.31. The van der Waals surface area contributed by atoms with Crippen molar-refractivity contribution in [1.82, 2.24) is 9.97 Å². The Morgan fingerprint density at radius 2 is 2.06 bits per heavy atom. The van der Waals surface area contributed by atoms with Crippen LogP contribution in [0.15, 0.2) is 45.7 Å². The lowest BCUT2D eigenvalue weighted by Crippen LogP contribution is -1.83. The van der Waals surface area contributed by atoms with E-state index in [0.29, 0.717) is 16.1 Å². The lowest BCUT2D eigenvalue weighted by molar-refractivity contribution is 0.567. The van der Waals surface area contributed by atoms with Gasteiger partial charge in [-0.05, 0) is 28.1 Å². The predicted octanol–water partition coefficient (Wildman–Crippen LogP) is 3.79. The Balaban J connectivity index is 2.22. The molecular weight excluding hydrogens is 287 g/mol. The molecule has 0 spiro atoms. The van der Waals surface area contributed by atoms with Crippen LogP contribution in [0.2, 0.25) is 0 Å². The van der Waals surface area contributed by atoms with E-state index in [0.717, 1.165) is 5.39 Å². The number of nitrogens with zero attached hydrogens (tertiary/aromatic N) is 2. The minimum Gasteiger partial charge on any atom is -0.451 e. The van der Waals surface area contributed by atoms with Crippen molar-refractivity contribution in [2.45, 2.75) is 0 Å². The van der Waals surface area contributed by atoms with Gasteiger partial charge in [0.25, 0.3) is 0 Å². The zero-order valence-corrected chi connectivity index (χ0v) is 10.1. The Kier molecular flexibility index (Phi) is 2.40. The molecule has 0 saturated carbocycles. The van der Waals surface area contributed by atoms with Gasteiger partial charge in [0.05, 0.1) is 0 Å². The Morgan fingerprint density at radius 3 is 2.82 bits per heavy atom. The lowest BCUT2D eigenvalue weighted by atomic mass is 10.2. The molecule has 3 aromatic rings. The van der Waals surface area contributed by atoms with E-state index >= 15 is 0 Å². The van der Waals surface area contributed by atoms with E-state index in [-0.39, 0.29) is 11.4 Å². The SMILES string of the molecule is Fc1cccc2cc(-c3cc(Br)ncn3)oc12. The fraction of sp³-hybridized carbons (Fsp3) is 0. The molecule has 0 saturated heterocycles. The van der Waals surface area contributed by atoms with Crippen LogP contribution in [0.25, 0.3) is 22.4 Å². The molecule has 17 heavy (non-hydrogen) atoms. The van der Waals surface area contributed by atoms with Crippen molar-refractivity contribution in [1.29, 1.82) is 0 Å². The van der Waals surface area contributed by atoms with Crippen molar-refractivity contribution >= 4 is 26.9 Å². The van der Waals surface area contributed by atoms with Gasteiger partial charge in [-0.1, -0.05) is 12.1 Å². The second kappa shape index (κ2) is 3.92. The molecule has 0 radical (unpaired) electrons. The molecule has 0 aliphatic rings. The van der Waals surface area contributed by atoms with Crippen LogP contribution in [0.1, 0.15) is 0 Å². The Hall–Kier alpha value is -1.75. The molecular formula is C12H6BrFN2O. The number of furan rings is 1. The van der Waals surface area contributed by atoms with E-state index in [9.17, 15) is 4.39 Å². The highest BCUT2D eigenvalue weighted by Crippen LogP contribution is 2.28. The fourth-order valence-electron chi connectivity index (χ4n) is 1.62. The van der Waals surface area contributed by atoms with Crippen LogP contribution in [0.4, 0.5) is 4.39 Å². The van der Waals surface area contributed by atoms with E-state index in [4.69, 9.17) is 4.42 Å². The van der Waals surface area contributed by atoms with Gasteiger partial charge < -0.3 is 4.42 Å². The molecule has 3 nitrogen and oxygen atoms in total. The first-order valence-electron chi connectivity index (χ1n) is 4.90. The molecule has 2 aromatic heterocycles. The Labute approximate surface area is 104 Å². The van der Waals surface area contributed by atoms with Crippen molar-refractivity contribution in [3.63, 3.8) is 0 Å². The number of para-hydroxylation sites is 1. The van der Waals surface area contributed by atoms with Gasteiger partial charge in [-0.25, -0.2) is 14.4 Å². The summed E-state index contributed by atoms with van der Waals surface area (Å²) in [5.41, 5.74) is 0.861. The largest absolute Gasteiger partial charge is 0.451 e. The van der Waals surface area contributed by atoms with Crippen LogP contribution in [-0.2, 0) is 0 Å². The highest BCUT2D eigenvalue weighted by atomic mass is 79.9. The number of halogens is 2. The molecule has 5 heteroatoms. The summed E-state index contributed by atoms with van der Waals surface area (Å²) in [7, 11) is 0. The molecule has 0 bridgehead atoms. The average Bonchev–Trinajstić information content (AvgIpc) is 2.74. The van der Waals surface area contributed by atoms with Crippen molar-refractivity contribution in [3.05, 3.63) is 47.1 Å². The van der Waals surface area contributed by atoms with Crippen LogP contribution in [-0.4, -0.2) is 9.97 Å². The number of rotatable bonds is 1. The van der Waals surface area contributed by atoms with Crippen LogP contribution in [0, 0.1) is 5.82 Å². The summed E-state index contributed by atoms with van der Waals surface area (Å²) >= 11 is 3.25. The third kappa shape index (κ3) is 1.82. The molecule has 0 amide bonds. The van der Waals surface area contributed by atoms with Crippen LogP contribution >= 0.6 is 15.9 Å². The summed E-state index contributed by atoms with van der Waals surface area (Å²) in [6, 6.07) is 8.28. The molecule has 84 valence electrons. The maximum Gasteiger partial charge on any atom is 0.170 e. The first kappa shape index (κ1) is 10.4. The smallest absolute Gasteiger partial charge is 0.170 e. The number of benzene rings is 1. The van der Waals surface area contributed by atoms with E-state index < -0.39 is 0 Å². The minimum atomic E-state index is -0.373. The maximum absolute atomic E-state index is 13.5. The van der Waals surface area contributed by atoms with Crippen molar-refractivity contribution in [2.24, 2.45) is 0 Å². The van der Waals surface area contributed by atoms with E-state index in [2.05, 4.69) is 25.9 Å². The molecule has 0 N–H and O–H groups in total. The summed E-state index contributed by atoms with van der Waals surface area (Å²) in [4.78, 5) is 8.00. The third-order valence-corrected chi connectivity index (χ3v) is 2.82. The van der Waals surface area contributed by atoms with Gasteiger partial charge in [0.1, 0.15) is 16.6 Å². The van der Waals surface area contributed by atoms with Crippen molar-refractivity contribution in [3.8, 4) is 11.5 Å². The summed E-state index contributed by atoms with van der Waals surface area (Å²) in [5.74, 6) is 0.148. The zero-order valence-electron chi connectivity index (χ0n) is 8.52. The average molecular weight is 293 g/mol. The first-order chi connectivity index (χ1) is 8.24. The van der Waals surface area contributed by atoms with Gasteiger partial charge in [0.2, 0.25) is 0 Å². The molecule has 0 unspecified atom stereocenters. The predicted molar refractivity (Wildman–Crippen MR) is 64.9 cm³/mol. The van der Waals surface area contributed by atoms with Gasteiger partial charge in [-0.2, -0.15) is 0 Å². The quantitative estimate of drug-likeness (QED) is 0.641. The highest BCUT2D eigenvalue weighted by molar-refractivity contribution is 9.10. The molecule has 1 aromatic carbocycles. The molecule has 0 aliphatic heterocycles. The molecule has 3 rings (SSSR count). The van der Waals surface area contributed by atoms with Gasteiger partial charge >= 0.3 is 0 Å². The van der Waals surface area contributed by atoms with Crippen LogP contribution < -0.4 is 0 Å². The number of aromatic nitrogens is 2. The maximum atomic E-state index is 13.5. The van der Waals surface area contributed by atoms with Crippen LogP contribution in [0.3, 0.4) is 0 Å². The van der Waals surface area contributed by atoms with E-state index in [1.54, 1.807) is 24.3 Å². The monoisotopic (exact) mass is 292 g/mol. The van der Waals surface area contributed by atoms with Gasteiger partial charge in [0, 0.05) is 11.5 Å². The van der Waals surface area contributed by atoms with Gasteiger partial charge in [-0.15, -0.1) is 0 Å². The van der Waals surface area contributed by atoms with Crippen molar-refractivity contribution < 1.29 is 8.81 Å². The van der Waals surface area contributed by atoms with Crippen LogP contribution in [0.5, 0.6) is 0 Å². The number of hydrogen-bond donors (Lipinski definition) is 0. The zero-order chi connectivity index (χ0) is 11.8. The van der Waals surface area contributed by atoms with E-state index in [1.807, 2.05) is 0 Å². The molecule has 2 heterocycles. The number of fused-ring (bicyclic) bond motifs is 1. The summed E-state index contributed by atoms with van der Waals surface area (Å²) in [5, 5.41) is 0.717. The van der Waals surface area contributed by atoms with Gasteiger partial charge in [-0.3, -0.25) is 0 Å². The Morgan fingerprint density at radius 1 is 1.18 bits per heavy atom. The van der Waals surface area contributed by atoms with E-state index in [1.165, 1.54) is 12.4 Å². The third-order valence-electron chi connectivity index (χ3n) is 2.38. The molecule has 0 aliphatic carbocycles. The summed E-state index contributed by atoms with van der Waals surface area (Å²) < 4.78 is 19.6. The van der Waals surface area contributed by atoms with Crippen molar-refractivity contribution in [2.75, 3.05) is 0 Å². The lowest BCUT2D eigenvalue weighted by Gasteiger charge is -1.94. The highest BCUT2D eigenvalue weighted by Gasteiger charge is 2.10. The second-order valence-electron chi connectivity index (χ2n) is 3.49. The fourth-order valence-corrected chi connectivity index (χ4v) is 1.93. The Bertz CT molecular complexity index is 696. The summed E-state index contributed by atoms with van der Waals surface area (Å²) in [6.07, 6.45) is 1.42. The normalized spacial score (nSPS) is 10.9. The van der Waals surface area contributed by atoms with Gasteiger partial charge in [0.15, 0.2) is 17.2 Å². The molecule has 0 atom stereocenters. The standard InChI is InChI=1S/C12H6BrFN2O/c13-11-5-9(15-6-16-11)10-4-7-2-1-3-8(14)12(7)17-10/h1-6H. The topological polar surface area (TPSA) is 38.9 Å². The molecule has 0 fully saturated rings. The minimum absolute atomic E-state index is 0.247. The summed E-state index contributed by atoms with van der Waals surface area (Å²) in [6.45, 7) is 0.